The molecule has 0 spiro atoms. The molecule has 0 aliphatic carbocycles. The molecule has 0 saturated carbocycles. The van der Waals surface area contributed by atoms with E-state index in [1.807, 2.05) is 0 Å². The summed E-state index contributed by atoms with van der Waals surface area (Å²) in [5.41, 5.74) is 2.14. The van der Waals surface area contributed by atoms with Gasteiger partial charge in [0, 0.05) is 51.5 Å². The fourth-order valence-corrected chi connectivity index (χ4v) is 4.80. The third kappa shape index (κ3) is 5.02. The number of methoxy groups -OCH3 is 1. The molecule has 3 aliphatic rings. The highest BCUT2D eigenvalue weighted by molar-refractivity contribution is 5.66. The van der Waals surface area contributed by atoms with Crippen molar-refractivity contribution in [2.24, 2.45) is 0 Å². The molecule has 1 aromatic rings. The van der Waals surface area contributed by atoms with Crippen molar-refractivity contribution >= 4 is 11.9 Å². The minimum atomic E-state index is -0.876. The summed E-state index contributed by atoms with van der Waals surface area (Å²) in [7, 11) is 3.77. The summed E-state index contributed by atoms with van der Waals surface area (Å²) < 4.78 is 11.3. The van der Waals surface area contributed by atoms with Gasteiger partial charge in [0.25, 0.3) is 0 Å². The molecule has 4 heterocycles. The zero-order chi connectivity index (χ0) is 21.8. The van der Waals surface area contributed by atoms with E-state index < -0.39 is 6.09 Å². The van der Waals surface area contributed by atoms with Gasteiger partial charge in [-0.1, -0.05) is 0 Å². The van der Waals surface area contributed by atoms with Gasteiger partial charge in [-0.05, 0) is 45.8 Å². The van der Waals surface area contributed by atoms with Crippen LogP contribution in [0.3, 0.4) is 0 Å². The Labute approximate surface area is 183 Å². The summed E-state index contributed by atoms with van der Waals surface area (Å²) >= 11 is 0. The van der Waals surface area contributed by atoms with Crippen LogP contribution in [0.25, 0.3) is 0 Å². The Balaban J connectivity index is 1.55. The average Bonchev–Trinajstić information content (AvgIpc) is 3.20. The Morgan fingerprint density at radius 1 is 1.26 bits per heavy atom. The molecule has 0 unspecified atom stereocenters. The second kappa shape index (κ2) is 9.97. The summed E-state index contributed by atoms with van der Waals surface area (Å²) in [4.78, 5) is 27.3. The number of likely N-dealkylation sites (N-methyl/N-ethyl adjacent to an activating group) is 1. The van der Waals surface area contributed by atoms with Gasteiger partial charge in [-0.3, -0.25) is 0 Å². The number of likely N-dealkylation sites (tertiary alicyclic amines) is 1. The van der Waals surface area contributed by atoms with Crippen LogP contribution < -0.4 is 15.0 Å². The number of amides is 1. The number of fused-ring (bicyclic) bond motifs is 1. The van der Waals surface area contributed by atoms with Gasteiger partial charge in [0.05, 0.1) is 11.7 Å². The molecule has 2 atom stereocenters. The van der Waals surface area contributed by atoms with Gasteiger partial charge in [-0.2, -0.15) is 9.97 Å². The maximum absolute atomic E-state index is 11.7. The van der Waals surface area contributed by atoms with E-state index in [1.165, 1.54) is 11.3 Å². The number of piperazine rings is 1. The molecule has 10 nitrogen and oxygen atoms in total. The average molecular weight is 435 g/mol. The van der Waals surface area contributed by atoms with Crippen molar-refractivity contribution in [1.29, 1.82) is 0 Å². The lowest BCUT2D eigenvalue weighted by molar-refractivity contribution is 0.0988. The Hall–Kier alpha value is -2.17. The molecule has 1 amide bonds. The second-order valence-electron chi connectivity index (χ2n) is 8.63. The molecule has 2 saturated heterocycles. The molecule has 31 heavy (non-hydrogen) atoms. The molecule has 0 bridgehead atoms. The van der Waals surface area contributed by atoms with Crippen LogP contribution in [-0.2, 0) is 17.7 Å². The first-order valence-electron chi connectivity index (χ1n) is 11.2. The van der Waals surface area contributed by atoms with Gasteiger partial charge in [-0.25, -0.2) is 4.79 Å². The van der Waals surface area contributed by atoms with Crippen LogP contribution in [0.2, 0.25) is 0 Å². The highest BCUT2D eigenvalue weighted by atomic mass is 16.5. The van der Waals surface area contributed by atoms with E-state index in [2.05, 4.69) is 22.2 Å². The molecule has 0 radical (unpaired) electrons. The van der Waals surface area contributed by atoms with E-state index in [0.29, 0.717) is 57.9 Å². The number of nitrogens with zero attached hydrogens (tertiary/aromatic N) is 5. The van der Waals surface area contributed by atoms with Crippen LogP contribution in [0.5, 0.6) is 6.01 Å². The van der Waals surface area contributed by atoms with Crippen molar-refractivity contribution in [2.75, 3.05) is 65.0 Å². The molecule has 172 valence electrons. The minimum absolute atomic E-state index is 0.130. The maximum Gasteiger partial charge on any atom is 0.407 e. The first kappa shape index (κ1) is 22.0. The summed E-state index contributed by atoms with van der Waals surface area (Å²) in [5.74, 6) is 0.897. The molecule has 3 aliphatic heterocycles. The number of carboxylic acid groups (broad SMARTS) is 1. The largest absolute Gasteiger partial charge is 0.465 e. The fraction of sp³-hybridized carbons (Fsp3) is 0.762. The topological polar surface area (TPSA) is 103 Å². The lowest BCUT2D eigenvalue weighted by Crippen LogP contribution is -2.55. The molecule has 10 heteroatoms. The number of rotatable bonds is 7. The Morgan fingerprint density at radius 3 is 2.87 bits per heavy atom. The Bertz CT molecular complexity index is 778. The van der Waals surface area contributed by atoms with Gasteiger partial charge >= 0.3 is 12.1 Å². The van der Waals surface area contributed by atoms with Crippen molar-refractivity contribution < 1.29 is 19.4 Å². The van der Waals surface area contributed by atoms with E-state index in [-0.39, 0.29) is 6.04 Å². The molecule has 2 N–H and O–H groups in total. The van der Waals surface area contributed by atoms with Gasteiger partial charge in [0.2, 0.25) is 0 Å². The van der Waals surface area contributed by atoms with Crippen LogP contribution in [0, 0.1) is 0 Å². The number of hydrogen-bond acceptors (Lipinski definition) is 8. The molecule has 2 fully saturated rings. The molecule has 4 rings (SSSR count). The van der Waals surface area contributed by atoms with E-state index in [9.17, 15) is 9.90 Å². The standard InChI is InChI=1S/C21H34N6O4/c1-25-8-3-4-16(25)14-31-20-23-18-12-22-7-5-17(18)19(24-20)26-9-10-27(21(28)29)15(13-26)6-11-30-2/h15-16,22H,3-14H2,1-2H3,(H,28,29)/t15-,16-/m0/s1. The van der Waals surface area contributed by atoms with Crippen molar-refractivity contribution in [3.8, 4) is 6.01 Å². The van der Waals surface area contributed by atoms with Gasteiger partial charge in [0.15, 0.2) is 0 Å². The highest BCUT2D eigenvalue weighted by Gasteiger charge is 2.33. The lowest BCUT2D eigenvalue weighted by Gasteiger charge is -2.41. The van der Waals surface area contributed by atoms with Crippen molar-refractivity contribution in [3.05, 3.63) is 11.3 Å². The zero-order valence-corrected chi connectivity index (χ0v) is 18.5. The van der Waals surface area contributed by atoms with Crippen molar-refractivity contribution in [3.63, 3.8) is 0 Å². The summed E-state index contributed by atoms with van der Waals surface area (Å²) in [5, 5.41) is 13.0. The van der Waals surface area contributed by atoms with Crippen molar-refractivity contribution in [1.82, 2.24) is 25.1 Å². The lowest BCUT2D eigenvalue weighted by atomic mass is 10.0. The monoisotopic (exact) mass is 434 g/mol. The first-order valence-corrected chi connectivity index (χ1v) is 11.2. The first-order chi connectivity index (χ1) is 15.1. The fourth-order valence-electron chi connectivity index (χ4n) is 4.80. The molecule has 1 aromatic heterocycles. The molecule has 0 aromatic carbocycles. The van der Waals surface area contributed by atoms with Crippen LogP contribution in [0.1, 0.15) is 30.5 Å². The van der Waals surface area contributed by atoms with Gasteiger partial charge in [0.1, 0.15) is 12.4 Å². The van der Waals surface area contributed by atoms with E-state index in [4.69, 9.17) is 19.4 Å². The summed E-state index contributed by atoms with van der Waals surface area (Å²) in [6.07, 6.45) is 2.97. The van der Waals surface area contributed by atoms with E-state index >= 15 is 0 Å². The van der Waals surface area contributed by atoms with Gasteiger partial charge < -0.3 is 34.6 Å². The minimum Gasteiger partial charge on any atom is -0.465 e. The van der Waals surface area contributed by atoms with E-state index in [0.717, 1.165) is 43.0 Å². The number of anilines is 1. The van der Waals surface area contributed by atoms with Crippen LogP contribution in [0.4, 0.5) is 10.6 Å². The smallest absolute Gasteiger partial charge is 0.407 e. The number of aromatic nitrogens is 2. The van der Waals surface area contributed by atoms with Gasteiger partial charge in [-0.15, -0.1) is 0 Å². The number of ether oxygens (including phenoxy) is 2. The SMILES string of the molecule is COCC[C@H]1CN(c2nc(OC[C@@H]3CCCN3C)nc3c2CCNC3)CCN1C(=O)O. The third-order valence-corrected chi connectivity index (χ3v) is 6.65. The van der Waals surface area contributed by atoms with E-state index in [1.54, 1.807) is 7.11 Å². The Kier molecular flexibility index (Phi) is 7.09. The summed E-state index contributed by atoms with van der Waals surface area (Å²) in [6, 6.07) is 0.695. The maximum atomic E-state index is 11.7. The highest BCUT2D eigenvalue weighted by Crippen LogP contribution is 2.29. The van der Waals surface area contributed by atoms with Crippen molar-refractivity contribution in [2.45, 2.75) is 44.3 Å². The summed E-state index contributed by atoms with van der Waals surface area (Å²) in [6.45, 7) is 5.46. The normalized spacial score (nSPS) is 24.3. The predicted octanol–water partition coefficient (Wildman–Crippen LogP) is 0.800. The van der Waals surface area contributed by atoms with Crippen LogP contribution in [0.15, 0.2) is 0 Å². The quantitative estimate of drug-likeness (QED) is 0.645. The number of carbonyl (C=O) groups is 1. The second-order valence-corrected chi connectivity index (χ2v) is 8.63. The number of nitrogens with one attached hydrogen (secondary N) is 1. The molecular weight excluding hydrogens is 400 g/mol. The van der Waals surface area contributed by atoms with Crippen LogP contribution >= 0.6 is 0 Å². The zero-order valence-electron chi connectivity index (χ0n) is 18.5. The number of hydrogen-bond donors (Lipinski definition) is 2. The third-order valence-electron chi connectivity index (χ3n) is 6.65. The Morgan fingerprint density at radius 2 is 2.13 bits per heavy atom. The van der Waals surface area contributed by atoms with Crippen LogP contribution in [-0.4, -0.2) is 103 Å². The molecular formula is C21H34N6O4. The predicted molar refractivity (Wildman–Crippen MR) is 116 cm³/mol.